The van der Waals surface area contributed by atoms with Crippen molar-refractivity contribution in [2.75, 3.05) is 4.90 Å². The highest BCUT2D eigenvalue weighted by molar-refractivity contribution is 7.25. The summed E-state index contributed by atoms with van der Waals surface area (Å²) < 4.78 is 2.76. The molecule has 0 spiro atoms. The Morgan fingerprint density at radius 2 is 1.41 bits per heavy atom. The van der Waals surface area contributed by atoms with Crippen molar-refractivity contribution in [3.8, 4) is 0 Å². The van der Waals surface area contributed by atoms with E-state index in [0.717, 1.165) is 0 Å². The second-order valence-electron chi connectivity index (χ2n) is 12.0. The molecule has 0 atom stereocenters. The third-order valence-electron chi connectivity index (χ3n) is 9.15. The number of anilines is 3. The molecule has 2 aliphatic rings. The first-order valence-electron chi connectivity index (χ1n) is 13.9. The fourth-order valence-electron chi connectivity index (χ4n) is 7.43. The summed E-state index contributed by atoms with van der Waals surface area (Å²) >= 11 is 1.93. The Balaban J connectivity index is 1.51. The van der Waals surface area contributed by atoms with Crippen molar-refractivity contribution in [3.63, 3.8) is 0 Å². The Morgan fingerprint density at radius 3 is 2.23 bits per heavy atom. The van der Waals surface area contributed by atoms with E-state index in [0.29, 0.717) is 0 Å². The normalized spacial score (nSPS) is 14.9. The zero-order valence-electron chi connectivity index (χ0n) is 23.1. The predicted octanol–water partition coefficient (Wildman–Crippen LogP) is 7.92. The molecule has 0 radical (unpaired) electrons. The summed E-state index contributed by atoms with van der Waals surface area (Å²) in [6.45, 7) is 11.8. The molecule has 0 amide bonds. The average molecular weight is 520 g/mol. The van der Waals surface area contributed by atoms with Crippen molar-refractivity contribution in [1.29, 1.82) is 0 Å². The molecular weight excluding hydrogens is 489 g/mol. The molecule has 3 heteroatoms. The van der Waals surface area contributed by atoms with Gasteiger partial charge < -0.3 is 4.90 Å². The van der Waals surface area contributed by atoms with E-state index in [4.69, 9.17) is 0 Å². The summed E-state index contributed by atoms with van der Waals surface area (Å²) in [5.41, 5.74) is 15.0. The molecule has 6 aromatic rings. The molecule has 3 heterocycles. The summed E-state index contributed by atoms with van der Waals surface area (Å²) in [4.78, 5) is 2.50. The van der Waals surface area contributed by atoms with Crippen LogP contribution < -0.4 is 21.3 Å². The summed E-state index contributed by atoms with van der Waals surface area (Å²) in [7, 11) is 0. The van der Waals surface area contributed by atoms with Gasteiger partial charge in [-0.05, 0) is 90.2 Å². The van der Waals surface area contributed by atoms with Crippen LogP contribution in [0.2, 0.25) is 0 Å². The third kappa shape index (κ3) is 3.08. The summed E-state index contributed by atoms with van der Waals surface area (Å²) in [5, 5.41) is 2.76. The van der Waals surface area contributed by atoms with Gasteiger partial charge in [0.2, 0.25) is 6.71 Å². The molecule has 0 saturated heterocycles. The molecule has 188 valence electrons. The highest BCUT2D eigenvalue weighted by atomic mass is 32.1. The zero-order chi connectivity index (χ0) is 26.6. The third-order valence-corrected chi connectivity index (χ3v) is 10.3. The Labute approximate surface area is 234 Å². The van der Waals surface area contributed by atoms with Crippen LogP contribution in [0.25, 0.3) is 20.2 Å². The largest absolute Gasteiger partial charge is 0.312 e. The molecule has 0 N–H and O–H groups in total. The Hall–Kier alpha value is -3.82. The van der Waals surface area contributed by atoms with Crippen LogP contribution in [-0.4, -0.2) is 6.71 Å². The molecule has 0 bridgehead atoms. The van der Waals surface area contributed by atoms with Gasteiger partial charge in [-0.2, -0.15) is 0 Å². The molecule has 2 aliphatic heterocycles. The first kappa shape index (κ1) is 23.1. The average Bonchev–Trinajstić information content (AvgIpc) is 3.29. The van der Waals surface area contributed by atoms with Crippen molar-refractivity contribution < 1.29 is 0 Å². The van der Waals surface area contributed by atoms with Gasteiger partial charge >= 0.3 is 0 Å². The van der Waals surface area contributed by atoms with E-state index in [-0.39, 0.29) is 12.1 Å². The van der Waals surface area contributed by atoms with Gasteiger partial charge in [0.05, 0.1) is 0 Å². The van der Waals surface area contributed by atoms with Crippen molar-refractivity contribution in [3.05, 3.63) is 119 Å². The van der Waals surface area contributed by atoms with Gasteiger partial charge in [0.15, 0.2) is 0 Å². The van der Waals surface area contributed by atoms with E-state index in [1.54, 1.807) is 0 Å². The van der Waals surface area contributed by atoms with Gasteiger partial charge in [0, 0.05) is 37.3 Å². The molecule has 0 unspecified atom stereocenters. The van der Waals surface area contributed by atoms with E-state index in [9.17, 15) is 0 Å². The minimum absolute atomic E-state index is 0.105. The highest BCUT2D eigenvalue weighted by Gasteiger charge is 2.46. The Kier molecular flexibility index (Phi) is 4.66. The number of benzene rings is 5. The van der Waals surface area contributed by atoms with Crippen LogP contribution in [0, 0.1) is 20.8 Å². The second-order valence-corrected chi connectivity index (χ2v) is 13.1. The molecule has 1 aromatic heterocycles. The number of fused-ring (bicyclic) bond motifs is 7. The minimum Gasteiger partial charge on any atom is -0.312 e. The van der Waals surface area contributed by atoms with Crippen molar-refractivity contribution >= 4 is 71.7 Å². The van der Waals surface area contributed by atoms with Crippen LogP contribution >= 0.6 is 11.3 Å². The standard InChI is InChI=1S/C36H30BNS/c1-21-10-14-24(15-11-21)38-30-16-12-22(2)18-29(30)37-28-19-26-25-8-6-7-9-32(25)39-33(26)20-27(28)36(4,5)34-23(3)13-17-31(38)35(34)37/h6-20H,1-5H3. The zero-order valence-corrected chi connectivity index (χ0v) is 23.9. The van der Waals surface area contributed by atoms with E-state index in [1.165, 1.54) is 81.4 Å². The molecule has 39 heavy (non-hydrogen) atoms. The molecule has 0 aliphatic carbocycles. The fraction of sp³-hybridized carbons (Fsp3) is 0.167. The quantitative estimate of drug-likeness (QED) is 0.199. The van der Waals surface area contributed by atoms with Gasteiger partial charge in [0.1, 0.15) is 0 Å². The van der Waals surface area contributed by atoms with Gasteiger partial charge in [-0.1, -0.05) is 85.0 Å². The van der Waals surface area contributed by atoms with E-state index in [1.807, 2.05) is 11.3 Å². The second kappa shape index (κ2) is 7.86. The lowest BCUT2D eigenvalue weighted by Gasteiger charge is -2.46. The minimum atomic E-state index is -0.105. The van der Waals surface area contributed by atoms with Crippen LogP contribution in [0.5, 0.6) is 0 Å². The van der Waals surface area contributed by atoms with Gasteiger partial charge in [0.25, 0.3) is 0 Å². The van der Waals surface area contributed by atoms with Gasteiger partial charge in [-0.15, -0.1) is 11.3 Å². The Morgan fingerprint density at radius 1 is 0.667 bits per heavy atom. The molecular formula is C36H30BNS. The van der Waals surface area contributed by atoms with E-state index >= 15 is 0 Å². The first-order valence-corrected chi connectivity index (χ1v) is 14.7. The fourth-order valence-corrected chi connectivity index (χ4v) is 8.55. The van der Waals surface area contributed by atoms with E-state index < -0.39 is 0 Å². The summed E-state index contributed by atoms with van der Waals surface area (Å²) in [5.74, 6) is 0. The molecule has 0 saturated carbocycles. The molecule has 5 aromatic carbocycles. The van der Waals surface area contributed by atoms with Crippen LogP contribution in [0.3, 0.4) is 0 Å². The number of hydrogen-bond donors (Lipinski definition) is 0. The van der Waals surface area contributed by atoms with Crippen molar-refractivity contribution in [2.45, 2.75) is 40.0 Å². The number of rotatable bonds is 1. The first-order chi connectivity index (χ1) is 18.8. The van der Waals surface area contributed by atoms with Gasteiger partial charge in [-0.25, -0.2) is 0 Å². The Bertz CT molecular complexity index is 1980. The predicted molar refractivity (Wildman–Crippen MR) is 171 cm³/mol. The lowest BCUT2D eigenvalue weighted by molar-refractivity contribution is 0.642. The van der Waals surface area contributed by atoms with Crippen LogP contribution in [0.4, 0.5) is 17.1 Å². The summed E-state index contributed by atoms with van der Waals surface area (Å²) in [6.07, 6.45) is 0. The maximum absolute atomic E-state index is 2.54. The lowest BCUT2D eigenvalue weighted by atomic mass is 9.30. The topological polar surface area (TPSA) is 3.24 Å². The monoisotopic (exact) mass is 519 g/mol. The summed E-state index contributed by atoms with van der Waals surface area (Å²) in [6, 6.07) is 34.7. The maximum Gasteiger partial charge on any atom is 0.247 e. The number of aryl methyl sites for hydroxylation is 3. The number of hydrogen-bond acceptors (Lipinski definition) is 2. The number of thiophene rings is 1. The van der Waals surface area contributed by atoms with Crippen LogP contribution in [0.15, 0.2) is 91.0 Å². The lowest BCUT2D eigenvalue weighted by Crippen LogP contribution is -2.64. The molecule has 8 rings (SSSR count). The SMILES string of the molecule is Cc1ccc(N2c3ccc(C)cc3B3c4cc5c(cc4C(C)(C)c4c(C)ccc2c43)sc2ccccc25)cc1. The van der Waals surface area contributed by atoms with Crippen LogP contribution in [-0.2, 0) is 5.41 Å². The smallest absolute Gasteiger partial charge is 0.247 e. The van der Waals surface area contributed by atoms with Gasteiger partial charge in [-0.3, -0.25) is 0 Å². The van der Waals surface area contributed by atoms with E-state index in [2.05, 4.69) is 131 Å². The van der Waals surface area contributed by atoms with Crippen molar-refractivity contribution in [2.24, 2.45) is 0 Å². The van der Waals surface area contributed by atoms with Crippen molar-refractivity contribution in [1.82, 2.24) is 0 Å². The number of nitrogens with zero attached hydrogens (tertiary/aromatic N) is 1. The van der Waals surface area contributed by atoms with Crippen LogP contribution in [0.1, 0.15) is 41.7 Å². The molecule has 1 nitrogen and oxygen atoms in total. The maximum atomic E-state index is 2.54. The highest BCUT2D eigenvalue weighted by Crippen LogP contribution is 2.45. The molecule has 0 fully saturated rings.